The van der Waals surface area contributed by atoms with Gasteiger partial charge in [0.2, 0.25) is 0 Å². The van der Waals surface area contributed by atoms with E-state index in [0.29, 0.717) is 12.2 Å². The predicted octanol–water partition coefficient (Wildman–Crippen LogP) is 2.47. The van der Waals surface area contributed by atoms with Crippen LogP contribution in [0.2, 0.25) is 0 Å². The van der Waals surface area contributed by atoms with Gasteiger partial charge in [0.1, 0.15) is 5.58 Å². The van der Waals surface area contributed by atoms with E-state index in [1.807, 2.05) is 25.1 Å². The average Bonchev–Trinajstić information content (AvgIpc) is 2.34. The number of benzene rings is 1. The summed E-state index contributed by atoms with van der Waals surface area (Å²) in [6.45, 7) is 2.46. The summed E-state index contributed by atoms with van der Waals surface area (Å²) in [6.07, 6.45) is 0.886. The molecule has 96 valence electrons. The third kappa shape index (κ3) is 3.13. The molecule has 0 atom stereocenters. The molecule has 1 heterocycles. The zero-order valence-electron chi connectivity index (χ0n) is 10.1. The maximum absolute atomic E-state index is 11.3. The van der Waals surface area contributed by atoms with Crippen molar-refractivity contribution in [2.45, 2.75) is 18.2 Å². The topological polar surface area (TPSA) is 65.5 Å². The van der Waals surface area contributed by atoms with Crippen LogP contribution in [0.5, 0.6) is 0 Å². The van der Waals surface area contributed by atoms with Gasteiger partial charge in [-0.15, -0.1) is 11.8 Å². The number of rotatable bonds is 5. The smallest absolute Gasteiger partial charge is 0.336 e. The van der Waals surface area contributed by atoms with Crippen LogP contribution in [0.4, 0.5) is 0 Å². The van der Waals surface area contributed by atoms with E-state index in [1.165, 1.54) is 6.07 Å². The summed E-state index contributed by atoms with van der Waals surface area (Å²) in [4.78, 5) is 16.9. The van der Waals surface area contributed by atoms with Gasteiger partial charge in [0.05, 0.1) is 6.61 Å². The van der Waals surface area contributed by atoms with Gasteiger partial charge in [-0.25, -0.2) is 10.7 Å². The number of aryl methyl sites for hydroxylation is 1. The second-order valence-corrected chi connectivity index (χ2v) is 5.15. The first kappa shape index (κ1) is 13.1. The van der Waals surface area contributed by atoms with Crippen molar-refractivity contribution in [2.75, 3.05) is 12.4 Å². The molecule has 4 nitrogen and oxygen atoms in total. The quantitative estimate of drug-likeness (QED) is 0.389. The van der Waals surface area contributed by atoms with Crippen LogP contribution in [0.25, 0.3) is 11.0 Å². The Labute approximate surface area is 109 Å². The van der Waals surface area contributed by atoms with Crippen LogP contribution in [-0.4, -0.2) is 12.4 Å². The van der Waals surface area contributed by atoms with E-state index in [1.54, 1.807) is 11.8 Å². The molecule has 0 bridgehead atoms. The van der Waals surface area contributed by atoms with E-state index in [4.69, 9.17) is 10.3 Å². The zero-order chi connectivity index (χ0) is 13.0. The number of hydrogen-bond donors (Lipinski definition) is 1. The first-order chi connectivity index (χ1) is 8.70. The summed E-state index contributed by atoms with van der Waals surface area (Å²) in [5.41, 5.74) is 1.27. The Morgan fingerprint density at radius 3 is 3.00 bits per heavy atom. The molecule has 18 heavy (non-hydrogen) atoms. The molecule has 1 aromatic heterocycles. The Hall–Kier alpha value is -1.30. The van der Waals surface area contributed by atoms with Crippen molar-refractivity contribution in [1.29, 1.82) is 0 Å². The van der Waals surface area contributed by atoms with Crippen molar-refractivity contribution in [3.05, 3.63) is 40.2 Å². The number of thioether (sulfide) groups is 1. The van der Waals surface area contributed by atoms with E-state index in [0.717, 1.165) is 28.0 Å². The maximum atomic E-state index is 11.3. The molecular weight excluding hydrogens is 250 g/mol. The highest BCUT2D eigenvalue weighted by Gasteiger charge is 2.03. The van der Waals surface area contributed by atoms with E-state index in [2.05, 4.69) is 4.84 Å². The largest absolute Gasteiger partial charge is 0.423 e. The minimum Gasteiger partial charge on any atom is -0.423 e. The third-order valence-electron chi connectivity index (χ3n) is 2.60. The molecule has 2 rings (SSSR count). The second-order valence-electron chi connectivity index (χ2n) is 3.98. The first-order valence-corrected chi connectivity index (χ1v) is 6.68. The van der Waals surface area contributed by atoms with Crippen molar-refractivity contribution < 1.29 is 9.25 Å². The van der Waals surface area contributed by atoms with Gasteiger partial charge in [0, 0.05) is 22.1 Å². The van der Waals surface area contributed by atoms with Crippen LogP contribution in [0.15, 0.2) is 38.4 Å². The van der Waals surface area contributed by atoms with Gasteiger partial charge in [0.25, 0.3) is 0 Å². The Morgan fingerprint density at radius 1 is 1.39 bits per heavy atom. The lowest BCUT2D eigenvalue weighted by atomic mass is 10.1. The molecule has 0 spiro atoms. The van der Waals surface area contributed by atoms with Gasteiger partial charge in [-0.3, -0.25) is 0 Å². The van der Waals surface area contributed by atoms with Gasteiger partial charge in [-0.2, -0.15) is 0 Å². The van der Waals surface area contributed by atoms with Crippen LogP contribution < -0.4 is 11.5 Å². The molecule has 0 unspecified atom stereocenters. The van der Waals surface area contributed by atoms with Gasteiger partial charge in [-0.1, -0.05) is 0 Å². The number of fused-ring (bicyclic) bond motifs is 1. The lowest BCUT2D eigenvalue weighted by molar-refractivity contribution is 0.139. The highest BCUT2D eigenvalue weighted by atomic mass is 32.2. The molecule has 0 aliphatic carbocycles. The Balaban J connectivity index is 2.19. The molecule has 2 aromatic rings. The molecule has 0 saturated carbocycles. The highest BCUT2D eigenvalue weighted by molar-refractivity contribution is 7.99. The molecule has 1 aromatic carbocycles. The van der Waals surface area contributed by atoms with Crippen LogP contribution >= 0.6 is 11.8 Å². The summed E-state index contributed by atoms with van der Waals surface area (Å²) in [6, 6.07) is 7.42. The molecule has 0 radical (unpaired) electrons. The van der Waals surface area contributed by atoms with Crippen molar-refractivity contribution >= 4 is 22.7 Å². The minimum absolute atomic E-state index is 0.307. The Bertz CT molecular complexity index is 594. The highest BCUT2D eigenvalue weighted by Crippen LogP contribution is 2.24. The summed E-state index contributed by atoms with van der Waals surface area (Å²) in [7, 11) is 0. The average molecular weight is 265 g/mol. The molecule has 2 N–H and O–H groups in total. The summed E-state index contributed by atoms with van der Waals surface area (Å²) in [5, 5.41) is 0.976. The van der Waals surface area contributed by atoms with Crippen LogP contribution in [0.3, 0.4) is 0 Å². The minimum atomic E-state index is -0.307. The maximum Gasteiger partial charge on any atom is 0.336 e. The fourth-order valence-corrected chi connectivity index (χ4v) is 2.58. The Morgan fingerprint density at radius 2 is 2.22 bits per heavy atom. The van der Waals surface area contributed by atoms with E-state index in [-0.39, 0.29) is 5.63 Å². The second kappa shape index (κ2) is 6.04. The van der Waals surface area contributed by atoms with Crippen LogP contribution in [0, 0.1) is 6.92 Å². The number of hydrogen-bond acceptors (Lipinski definition) is 5. The summed E-state index contributed by atoms with van der Waals surface area (Å²) in [5.74, 6) is 5.87. The molecule has 5 heteroatoms. The van der Waals surface area contributed by atoms with Crippen LogP contribution in [0.1, 0.15) is 12.0 Å². The van der Waals surface area contributed by atoms with Crippen LogP contribution in [-0.2, 0) is 4.84 Å². The normalized spacial score (nSPS) is 11.0. The standard InChI is InChI=1S/C13H15NO3S/c1-9-7-13(15)17-12-8-10(3-4-11(9)12)18-6-2-5-16-14/h3-4,7-8H,2,5-6,14H2,1H3. The van der Waals surface area contributed by atoms with Gasteiger partial charge in [-0.05, 0) is 37.1 Å². The first-order valence-electron chi connectivity index (χ1n) is 5.69. The molecule has 0 saturated heterocycles. The van der Waals surface area contributed by atoms with E-state index < -0.39 is 0 Å². The van der Waals surface area contributed by atoms with Gasteiger partial charge < -0.3 is 9.25 Å². The SMILES string of the molecule is Cc1cc(=O)oc2cc(SCCCON)ccc12. The van der Waals surface area contributed by atoms with Crippen molar-refractivity contribution in [2.24, 2.45) is 5.90 Å². The fourth-order valence-electron chi connectivity index (χ4n) is 1.73. The molecule has 0 aliphatic rings. The van der Waals surface area contributed by atoms with Gasteiger partial charge in [0.15, 0.2) is 0 Å². The third-order valence-corrected chi connectivity index (χ3v) is 3.68. The van der Waals surface area contributed by atoms with Crippen molar-refractivity contribution in [1.82, 2.24) is 0 Å². The lowest BCUT2D eigenvalue weighted by Gasteiger charge is -2.04. The molecule has 0 amide bonds. The van der Waals surface area contributed by atoms with Crippen molar-refractivity contribution in [3.8, 4) is 0 Å². The summed E-state index contributed by atoms with van der Waals surface area (Å²) >= 11 is 1.69. The number of nitrogens with two attached hydrogens (primary N) is 1. The van der Waals surface area contributed by atoms with Gasteiger partial charge >= 0.3 is 5.63 Å². The van der Waals surface area contributed by atoms with E-state index in [9.17, 15) is 4.79 Å². The zero-order valence-corrected chi connectivity index (χ0v) is 11.0. The van der Waals surface area contributed by atoms with E-state index >= 15 is 0 Å². The fraction of sp³-hybridized carbons (Fsp3) is 0.308. The molecule has 0 aliphatic heterocycles. The predicted molar refractivity (Wildman–Crippen MR) is 72.7 cm³/mol. The Kier molecular flexibility index (Phi) is 4.41. The summed E-state index contributed by atoms with van der Waals surface area (Å²) < 4.78 is 5.20. The van der Waals surface area contributed by atoms with Crippen molar-refractivity contribution in [3.63, 3.8) is 0 Å². The molecular formula is C13H15NO3S. The monoisotopic (exact) mass is 265 g/mol. The lowest BCUT2D eigenvalue weighted by Crippen LogP contribution is -2.01. The molecule has 0 fully saturated rings.